The highest BCUT2D eigenvalue weighted by molar-refractivity contribution is 8.26. The Balaban J connectivity index is 5.73. The molecule has 0 rings (SSSR count). The summed E-state index contributed by atoms with van der Waals surface area (Å²) in [7, 11) is -8.52. The fourth-order valence-electron chi connectivity index (χ4n) is 0.471. The van der Waals surface area contributed by atoms with Crippen molar-refractivity contribution in [3.8, 4) is 0 Å². The lowest BCUT2D eigenvalue weighted by molar-refractivity contribution is -0.334. The van der Waals surface area contributed by atoms with Crippen LogP contribution in [0.4, 0.5) is 51.7 Å². The fraction of sp³-hybridized carbons (Fsp3) is 1.00. The number of halogens is 12. The zero-order chi connectivity index (χ0) is 14.5. The minimum absolute atomic E-state index is 7.18. The van der Waals surface area contributed by atoms with E-state index >= 15 is 0 Å². The molecule has 0 aliphatic rings. The summed E-state index contributed by atoms with van der Waals surface area (Å²) in [5.41, 5.74) is -7.18. The summed E-state index contributed by atoms with van der Waals surface area (Å²) in [5.74, 6) is -7.49. The van der Waals surface area contributed by atoms with Crippen LogP contribution in [0.1, 0.15) is 0 Å². The van der Waals surface area contributed by atoms with Gasteiger partial charge in [-0.15, -0.1) is 7.77 Å². The number of rotatable bonds is 2. The first-order chi connectivity index (χ1) is 7.00. The van der Waals surface area contributed by atoms with Crippen LogP contribution in [0.5, 0.6) is 0 Å². The van der Waals surface area contributed by atoms with Crippen molar-refractivity contribution in [2.45, 2.75) is 22.9 Å². The Kier molecular flexibility index (Phi) is 3.64. The summed E-state index contributed by atoms with van der Waals surface area (Å²) < 4.78 is 140. The van der Waals surface area contributed by atoms with Crippen molar-refractivity contribution in [1.82, 2.24) is 0 Å². The third kappa shape index (κ3) is 2.25. The highest BCUT2D eigenvalue weighted by Gasteiger charge is 2.85. The second kappa shape index (κ2) is 3.75. The average molecular weight is 308 g/mol. The average Bonchev–Trinajstić information content (AvgIpc) is 1.98. The van der Waals surface area contributed by atoms with Gasteiger partial charge in [-0.2, -0.15) is 43.9 Å². The van der Waals surface area contributed by atoms with Crippen LogP contribution in [0.25, 0.3) is 0 Å². The molecule has 17 heavy (non-hydrogen) atoms. The molecular formula is C4F12S. The van der Waals surface area contributed by atoms with Crippen LogP contribution in [0, 0.1) is 0 Å². The lowest BCUT2D eigenvalue weighted by Gasteiger charge is -2.36. The van der Waals surface area contributed by atoms with Gasteiger partial charge in [0.2, 0.25) is 10.8 Å². The van der Waals surface area contributed by atoms with Gasteiger partial charge in [-0.1, -0.05) is 0 Å². The van der Waals surface area contributed by atoms with Crippen LogP contribution in [-0.4, -0.2) is 22.9 Å². The van der Waals surface area contributed by atoms with Crippen molar-refractivity contribution >= 4 is 10.8 Å². The zero-order valence-electron chi connectivity index (χ0n) is 6.94. The van der Waals surface area contributed by atoms with Crippen molar-refractivity contribution in [3.63, 3.8) is 0 Å². The van der Waals surface area contributed by atoms with Gasteiger partial charge in [0, 0.05) is 0 Å². The van der Waals surface area contributed by atoms with E-state index in [9.17, 15) is 51.7 Å². The van der Waals surface area contributed by atoms with Gasteiger partial charge in [0.15, 0.2) is 0 Å². The van der Waals surface area contributed by atoms with E-state index in [1.807, 2.05) is 0 Å². The quantitative estimate of drug-likeness (QED) is 0.638. The highest BCUT2D eigenvalue weighted by atomic mass is 32.3. The Labute approximate surface area is 86.5 Å². The van der Waals surface area contributed by atoms with Gasteiger partial charge in [-0.05, 0) is 0 Å². The Hall–Kier alpha value is -0.490. The molecule has 0 atom stereocenters. The van der Waals surface area contributed by atoms with Crippen LogP contribution < -0.4 is 0 Å². The number of alkyl halides is 10. The first-order valence-electron chi connectivity index (χ1n) is 3.11. The molecule has 0 aromatic rings. The summed E-state index contributed by atoms with van der Waals surface area (Å²) in [6.07, 6.45) is -7.24. The molecule has 0 saturated heterocycles. The summed E-state index contributed by atoms with van der Waals surface area (Å²) in [6.45, 7) is 0. The predicted molar refractivity (Wildman–Crippen MR) is 31.8 cm³/mol. The second-order valence-corrected chi connectivity index (χ2v) is 4.42. The second-order valence-electron chi connectivity index (χ2n) is 2.50. The van der Waals surface area contributed by atoms with E-state index in [1.54, 1.807) is 0 Å². The molecule has 0 unspecified atom stereocenters. The van der Waals surface area contributed by atoms with Crippen molar-refractivity contribution in [2.75, 3.05) is 0 Å². The predicted octanol–water partition coefficient (Wildman–Crippen LogP) is 4.87. The van der Waals surface area contributed by atoms with Crippen molar-refractivity contribution in [1.29, 1.82) is 0 Å². The molecule has 0 N–H and O–H groups in total. The first-order valence-corrected chi connectivity index (χ1v) is 4.54. The van der Waals surface area contributed by atoms with Crippen molar-refractivity contribution in [2.24, 2.45) is 0 Å². The third-order valence-electron chi connectivity index (χ3n) is 1.33. The van der Waals surface area contributed by atoms with E-state index in [2.05, 4.69) is 0 Å². The smallest absolute Gasteiger partial charge is 0.188 e. The standard InChI is InChI=1S/C4F12S/c5-1(6,2(7,8)9)3(10,11)17(15,16)4(12,13)14. The summed E-state index contributed by atoms with van der Waals surface area (Å²) in [5, 5.41) is -7.57. The van der Waals surface area contributed by atoms with Gasteiger partial charge in [-0.3, -0.25) is 0 Å². The van der Waals surface area contributed by atoms with Gasteiger partial charge < -0.3 is 0 Å². The molecule has 0 aliphatic heterocycles. The molecule has 0 heterocycles. The molecular weight excluding hydrogens is 308 g/mol. The van der Waals surface area contributed by atoms with Gasteiger partial charge >= 0.3 is 22.9 Å². The highest BCUT2D eigenvalue weighted by Crippen LogP contribution is 2.78. The molecule has 0 fully saturated rings. The molecule has 0 aromatic heterocycles. The topological polar surface area (TPSA) is 0 Å². The minimum atomic E-state index is -8.52. The van der Waals surface area contributed by atoms with E-state index < -0.39 is 33.7 Å². The molecule has 0 saturated carbocycles. The maximum absolute atomic E-state index is 12.1. The Morgan fingerprint density at radius 3 is 1.06 bits per heavy atom. The minimum Gasteiger partial charge on any atom is -0.188 e. The normalized spacial score (nSPS) is 17.2. The lowest BCUT2D eigenvalue weighted by atomic mass is 10.3. The van der Waals surface area contributed by atoms with Crippen LogP contribution in [0.3, 0.4) is 0 Å². The largest absolute Gasteiger partial charge is 0.484 e. The van der Waals surface area contributed by atoms with Crippen molar-refractivity contribution in [3.05, 3.63) is 0 Å². The third-order valence-corrected chi connectivity index (χ3v) is 2.82. The molecule has 0 nitrogen and oxygen atoms in total. The van der Waals surface area contributed by atoms with Gasteiger partial charge in [0.25, 0.3) is 0 Å². The maximum Gasteiger partial charge on any atom is 0.484 e. The molecule has 106 valence electrons. The number of hydrogen-bond donors (Lipinski definition) is 0. The van der Waals surface area contributed by atoms with E-state index in [1.165, 1.54) is 0 Å². The van der Waals surface area contributed by atoms with E-state index in [-0.39, 0.29) is 0 Å². The molecule has 0 radical (unpaired) electrons. The molecule has 13 heteroatoms. The SMILES string of the molecule is FC(F)(F)C(F)(F)C(F)(F)S(F)(F)C(F)(F)F. The van der Waals surface area contributed by atoms with Crippen LogP contribution in [-0.2, 0) is 0 Å². The summed E-state index contributed by atoms with van der Waals surface area (Å²) in [6, 6.07) is 0. The van der Waals surface area contributed by atoms with E-state index in [0.717, 1.165) is 0 Å². The fourth-order valence-corrected chi connectivity index (χ4v) is 1.20. The summed E-state index contributed by atoms with van der Waals surface area (Å²) in [4.78, 5) is 0. The van der Waals surface area contributed by atoms with Gasteiger partial charge in [0.05, 0.1) is 0 Å². The van der Waals surface area contributed by atoms with Gasteiger partial charge in [-0.25, -0.2) is 0 Å². The molecule has 0 amide bonds. The van der Waals surface area contributed by atoms with E-state index in [4.69, 9.17) is 0 Å². The van der Waals surface area contributed by atoms with Crippen LogP contribution in [0.15, 0.2) is 0 Å². The van der Waals surface area contributed by atoms with E-state index in [0.29, 0.717) is 0 Å². The molecule has 0 bridgehead atoms. The molecule has 0 spiro atoms. The summed E-state index contributed by atoms with van der Waals surface area (Å²) >= 11 is 0. The lowest BCUT2D eigenvalue weighted by Crippen LogP contribution is -2.54. The maximum atomic E-state index is 12.1. The number of hydrogen-bond acceptors (Lipinski definition) is 0. The molecule has 0 aromatic carbocycles. The Morgan fingerprint density at radius 2 is 0.882 bits per heavy atom. The first kappa shape index (κ1) is 16.5. The Bertz CT molecular complexity index is 254. The van der Waals surface area contributed by atoms with Gasteiger partial charge in [0.1, 0.15) is 0 Å². The van der Waals surface area contributed by atoms with Crippen LogP contribution >= 0.6 is 10.8 Å². The monoisotopic (exact) mass is 308 g/mol. The van der Waals surface area contributed by atoms with Crippen molar-refractivity contribution < 1.29 is 51.7 Å². The zero-order valence-corrected chi connectivity index (χ0v) is 7.76. The van der Waals surface area contributed by atoms with Crippen LogP contribution in [0.2, 0.25) is 0 Å². The molecule has 0 aliphatic carbocycles. The Morgan fingerprint density at radius 1 is 0.588 bits per heavy atom.